The zero-order valence-electron chi connectivity index (χ0n) is 37.7. The fourth-order valence-corrected chi connectivity index (χ4v) is 13.6. The Balaban J connectivity index is 1.25. The molecule has 0 radical (unpaired) electrons. The first-order valence-electron chi connectivity index (χ1n) is 23.0. The third-order valence-electron chi connectivity index (χ3n) is 17.3. The minimum absolute atomic E-state index is 0.0269. The second-order valence-electron chi connectivity index (χ2n) is 22.6. The molecule has 0 amide bonds. The number of fused-ring (bicyclic) bond motifs is 10. The average molecular weight is 778 g/mol. The quantitative estimate of drug-likeness (QED) is 0.169. The molecule has 4 unspecified atom stereocenters. The van der Waals surface area contributed by atoms with Gasteiger partial charge in [0.1, 0.15) is 0 Å². The molecule has 59 heavy (non-hydrogen) atoms. The SMILES string of the molecule is Cc1cc2c3c(c1)C1(C)CCCCC1(C)N3c1cc(N(c3ccc(C(C)(C)C)cc3)c3ccc(C(C)(C)C)cc3)cc3c1B2c1cccc2c1N3C1(C)CCCCC21C. The van der Waals surface area contributed by atoms with Crippen LogP contribution in [0.4, 0.5) is 39.8 Å². The van der Waals surface area contributed by atoms with Gasteiger partial charge in [-0.15, -0.1) is 0 Å². The summed E-state index contributed by atoms with van der Waals surface area (Å²) in [7, 11) is 0. The van der Waals surface area contributed by atoms with Gasteiger partial charge in [-0.2, -0.15) is 0 Å². The van der Waals surface area contributed by atoms with Gasteiger partial charge in [0.05, 0.1) is 16.8 Å². The summed E-state index contributed by atoms with van der Waals surface area (Å²) in [5, 5.41) is 0. The van der Waals surface area contributed by atoms with E-state index in [0.29, 0.717) is 0 Å². The van der Waals surface area contributed by atoms with Crippen LogP contribution in [0.3, 0.4) is 0 Å². The molecule has 0 aromatic heterocycles. The van der Waals surface area contributed by atoms with Crippen LogP contribution >= 0.6 is 0 Å². The number of rotatable bonds is 3. The van der Waals surface area contributed by atoms with Gasteiger partial charge in [0.15, 0.2) is 0 Å². The van der Waals surface area contributed by atoms with Crippen molar-refractivity contribution in [2.45, 2.75) is 160 Å². The number of hydrogen-bond donors (Lipinski definition) is 0. The van der Waals surface area contributed by atoms with E-state index in [-0.39, 0.29) is 39.5 Å². The minimum Gasteiger partial charge on any atom is -0.335 e. The van der Waals surface area contributed by atoms with Crippen molar-refractivity contribution in [3.63, 3.8) is 0 Å². The predicted octanol–water partition coefficient (Wildman–Crippen LogP) is 12.7. The maximum atomic E-state index is 2.92. The smallest absolute Gasteiger partial charge is 0.252 e. The van der Waals surface area contributed by atoms with E-state index in [9.17, 15) is 0 Å². The van der Waals surface area contributed by atoms with E-state index >= 15 is 0 Å². The second kappa shape index (κ2) is 11.9. The van der Waals surface area contributed by atoms with Crippen molar-refractivity contribution in [1.82, 2.24) is 0 Å². The Morgan fingerprint density at radius 3 is 1.51 bits per heavy atom. The molecule has 0 spiro atoms. The molecular formula is C55H64BN3. The van der Waals surface area contributed by atoms with Gasteiger partial charge >= 0.3 is 0 Å². The molecule has 0 saturated heterocycles. The van der Waals surface area contributed by atoms with Gasteiger partial charge < -0.3 is 14.7 Å². The van der Waals surface area contributed by atoms with Crippen LogP contribution in [0.25, 0.3) is 0 Å². The molecule has 2 aliphatic carbocycles. The van der Waals surface area contributed by atoms with E-state index in [0.717, 1.165) is 0 Å². The van der Waals surface area contributed by atoms with Gasteiger partial charge in [-0.3, -0.25) is 0 Å². The molecule has 0 bridgehead atoms. The van der Waals surface area contributed by atoms with E-state index < -0.39 is 0 Å². The van der Waals surface area contributed by atoms with Crippen molar-refractivity contribution in [3.05, 3.63) is 119 Å². The van der Waals surface area contributed by atoms with E-state index in [2.05, 4.69) is 182 Å². The Bertz CT molecular complexity index is 2500. The number of para-hydroxylation sites is 1. The Labute approximate surface area is 355 Å². The number of benzene rings is 5. The maximum Gasteiger partial charge on any atom is 0.252 e. The number of nitrogens with zero attached hydrogens (tertiary/aromatic N) is 3. The van der Waals surface area contributed by atoms with E-state index in [1.807, 2.05) is 0 Å². The van der Waals surface area contributed by atoms with Crippen LogP contribution in [0.2, 0.25) is 0 Å². The lowest BCUT2D eigenvalue weighted by Gasteiger charge is -2.55. The van der Waals surface area contributed by atoms with Crippen LogP contribution in [0.5, 0.6) is 0 Å². The molecule has 5 aromatic rings. The van der Waals surface area contributed by atoms with E-state index in [4.69, 9.17) is 0 Å². The summed E-state index contributed by atoms with van der Waals surface area (Å²) >= 11 is 0. The maximum absolute atomic E-state index is 2.92. The average Bonchev–Trinajstić information content (AvgIpc) is 3.54. The van der Waals surface area contributed by atoms with E-state index in [1.54, 1.807) is 11.1 Å². The number of hydrogen-bond acceptors (Lipinski definition) is 3. The summed E-state index contributed by atoms with van der Waals surface area (Å²) in [4.78, 5) is 8.42. The van der Waals surface area contributed by atoms with Crippen molar-refractivity contribution >= 4 is 62.9 Å². The minimum atomic E-state index is -0.0303. The molecule has 5 aromatic carbocycles. The lowest BCUT2D eigenvalue weighted by atomic mass is 9.33. The molecule has 11 rings (SSSR count). The molecule has 4 atom stereocenters. The normalized spacial score (nSPS) is 27.2. The van der Waals surface area contributed by atoms with Crippen LogP contribution in [0.15, 0.2) is 91.0 Å². The molecule has 4 heterocycles. The zero-order valence-corrected chi connectivity index (χ0v) is 37.7. The van der Waals surface area contributed by atoms with Crippen LogP contribution < -0.4 is 31.1 Å². The Morgan fingerprint density at radius 1 is 0.525 bits per heavy atom. The van der Waals surface area contributed by atoms with E-state index in [1.165, 1.54) is 124 Å². The largest absolute Gasteiger partial charge is 0.335 e. The Morgan fingerprint density at radius 2 is 1.00 bits per heavy atom. The van der Waals surface area contributed by atoms with Gasteiger partial charge in [0.25, 0.3) is 6.71 Å². The standard InChI is InChI=1S/C55H64BN3/c1-35-31-42-49-44(32-35)56-43-18-16-17-41-48(43)58(54(10)29-14-12-27-52(41,54)8)45-33-40(34-46(47(45)56)59(49)55(11)30-15-13-28-53(42,55)9)57(38-23-19-36(20-24-38)50(2,3)4)39-25-21-37(22-26-39)51(5,6)7/h16-26,31-34H,12-15,27-30H2,1-11H3. The highest BCUT2D eigenvalue weighted by Crippen LogP contribution is 2.65. The van der Waals surface area contributed by atoms with Gasteiger partial charge in [-0.25, -0.2) is 0 Å². The number of anilines is 7. The van der Waals surface area contributed by atoms with Crippen LogP contribution in [0, 0.1) is 6.92 Å². The summed E-state index contributed by atoms with van der Waals surface area (Å²) in [5.41, 5.74) is 21.6. The molecular weight excluding hydrogens is 713 g/mol. The lowest BCUT2D eigenvalue weighted by Crippen LogP contribution is -2.66. The summed E-state index contributed by atoms with van der Waals surface area (Å²) < 4.78 is 0. The topological polar surface area (TPSA) is 9.72 Å². The van der Waals surface area contributed by atoms with Gasteiger partial charge in [-0.05, 0) is 132 Å². The first-order valence-corrected chi connectivity index (χ1v) is 23.0. The lowest BCUT2D eigenvalue weighted by molar-refractivity contribution is 0.194. The molecule has 3 nitrogen and oxygen atoms in total. The third-order valence-corrected chi connectivity index (χ3v) is 17.3. The molecule has 302 valence electrons. The first-order chi connectivity index (χ1) is 27.9. The third kappa shape index (κ3) is 4.73. The van der Waals surface area contributed by atoms with Crippen molar-refractivity contribution < 1.29 is 0 Å². The molecule has 0 N–H and O–H groups in total. The van der Waals surface area contributed by atoms with Crippen molar-refractivity contribution in [2.24, 2.45) is 0 Å². The zero-order chi connectivity index (χ0) is 41.2. The fourth-order valence-electron chi connectivity index (χ4n) is 13.6. The van der Waals surface area contributed by atoms with Crippen LogP contribution in [0.1, 0.15) is 148 Å². The highest BCUT2D eigenvalue weighted by molar-refractivity contribution is 7.00. The van der Waals surface area contributed by atoms with Gasteiger partial charge in [0, 0.05) is 45.0 Å². The fraction of sp³-hybridized carbons (Fsp3) is 0.455. The molecule has 4 aliphatic heterocycles. The first kappa shape index (κ1) is 37.6. The molecule has 2 fully saturated rings. The number of aryl methyl sites for hydroxylation is 1. The van der Waals surface area contributed by atoms with Crippen molar-refractivity contribution in [2.75, 3.05) is 14.7 Å². The van der Waals surface area contributed by atoms with Crippen molar-refractivity contribution in [3.8, 4) is 0 Å². The predicted molar refractivity (Wildman–Crippen MR) is 254 cm³/mol. The molecule has 4 heteroatoms. The highest BCUT2D eigenvalue weighted by Gasteiger charge is 2.64. The Hall–Kier alpha value is -4.44. The summed E-state index contributed by atoms with van der Waals surface area (Å²) in [5.74, 6) is 0. The molecule has 2 saturated carbocycles. The summed E-state index contributed by atoms with van der Waals surface area (Å²) in [6.45, 7) is 27.0. The van der Waals surface area contributed by atoms with Crippen LogP contribution in [-0.2, 0) is 21.7 Å². The highest BCUT2D eigenvalue weighted by atomic mass is 15.3. The summed E-state index contributed by atoms with van der Waals surface area (Å²) in [6.07, 6.45) is 10.0. The van der Waals surface area contributed by atoms with Gasteiger partial charge in [0.2, 0.25) is 0 Å². The second-order valence-corrected chi connectivity index (χ2v) is 22.6. The van der Waals surface area contributed by atoms with Crippen LogP contribution in [-0.4, -0.2) is 17.8 Å². The molecule has 6 aliphatic rings. The monoisotopic (exact) mass is 778 g/mol. The Kier molecular flexibility index (Phi) is 7.57. The van der Waals surface area contributed by atoms with Crippen molar-refractivity contribution in [1.29, 1.82) is 0 Å². The summed E-state index contributed by atoms with van der Waals surface area (Å²) in [6, 6.07) is 36.8. The van der Waals surface area contributed by atoms with Gasteiger partial charge in [-0.1, -0.05) is 141 Å².